The van der Waals surface area contributed by atoms with Crippen LogP contribution in [0.1, 0.15) is 12.5 Å². The normalized spacial score (nSPS) is 11.0. The number of hydrogen-bond acceptors (Lipinski definition) is 6. The van der Waals surface area contributed by atoms with Crippen LogP contribution in [0.3, 0.4) is 0 Å². The van der Waals surface area contributed by atoms with E-state index in [0.29, 0.717) is 5.56 Å². The van der Waals surface area contributed by atoms with Crippen molar-refractivity contribution in [1.82, 2.24) is 0 Å². The second-order valence-corrected chi connectivity index (χ2v) is 7.77. The van der Waals surface area contributed by atoms with Gasteiger partial charge in [0.05, 0.1) is 17.2 Å². The fraction of sp³-hybridized carbons (Fsp3) is 0.263. The van der Waals surface area contributed by atoms with Gasteiger partial charge in [0, 0.05) is 0 Å². The predicted molar refractivity (Wildman–Crippen MR) is 102 cm³/mol. The van der Waals surface area contributed by atoms with Crippen molar-refractivity contribution in [2.24, 2.45) is 0 Å². The largest absolute Gasteiger partial charge is 0.482 e. The number of benzene rings is 2. The fourth-order valence-electron chi connectivity index (χ4n) is 2.46. The van der Waals surface area contributed by atoms with Crippen LogP contribution < -0.4 is 9.04 Å². The Bertz CT molecular complexity index is 990. The van der Waals surface area contributed by atoms with Crippen LogP contribution >= 0.6 is 0 Å². The second-order valence-electron chi connectivity index (χ2n) is 5.90. The van der Waals surface area contributed by atoms with Crippen LogP contribution in [0.2, 0.25) is 0 Å². The van der Waals surface area contributed by atoms with Crippen molar-refractivity contribution >= 4 is 27.6 Å². The highest BCUT2D eigenvalue weighted by Gasteiger charge is 2.28. The standard InChI is InChI=1S/C19H20FNO7S/c1-3-27-19(24)11-21(15-6-4-14(20)5-7-15)29(25,26)16-8-9-17(13(2)10-16)28-12-18(22)23/h4-10H,3,11-12H2,1-2H3,(H,22,23). The molecule has 0 saturated heterocycles. The molecule has 0 aliphatic rings. The van der Waals surface area contributed by atoms with Crippen LogP contribution in [0.4, 0.5) is 10.1 Å². The second kappa shape index (κ2) is 9.37. The van der Waals surface area contributed by atoms with Crippen molar-refractivity contribution in [3.63, 3.8) is 0 Å². The van der Waals surface area contributed by atoms with Crippen molar-refractivity contribution in [2.45, 2.75) is 18.7 Å². The molecule has 0 unspecified atom stereocenters. The van der Waals surface area contributed by atoms with Gasteiger partial charge in [-0.05, 0) is 61.9 Å². The summed E-state index contributed by atoms with van der Waals surface area (Å²) in [7, 11) is -4.21. The van der Waals surface area contributed by atoms with E-state index in [-0.39, 0.29) is 22.9 Å². The van der Waals surface area contributed by atoms with Gasteiger partial charge in [0.15, 0.2) is 6.61 Å². The van der Waals surface area contributed by atoms with Gasteiger partial charge in [-0.15, -0.1) is 0 Å². The number of carbonyl (C=O) groups is 2. The first-order valence-electron chi connectivity index (χ1n) is 8.54. The maximum atomic E-state index is 13.3. The molecule has 2 aromatic carbocycles. The Hall–Kier alpha value is -3.14. The fourth-order valence-corrected chi connectivity index (χ4v) is 3.95. The minimum Gasteiger partial charge on any atom is -0.482 e. The first-order chi connectivity index (χ1) is 13.6. The molecule has 0 amide bonds. The summed E-state index contributed by atoms with van der Waals surface area (Å²) in [5.41, 5.74) is 0.478. The number of nitrogens with zero attached hydrogens (tertiary/aromatic N) is 1. The molecule has 0 aromatic heterocycles. The van der Waals surface area contributed by atoms with Crippen LogP contribution in [0, 0.1) is 12.7 Å². The molecule has 0 heterocycles. The molecule has 0 fully saturated rings. The summed E-state index contributed by atoms with van der Waals surface area (Å²) in [6, 6.07) is 8.51. The van der Waals surface area contributed by atoms with Crippen LogP contribution in [0.25, 0.3) is 0 Å². The first kappa shape index (κ1) is 22.2. The Morgan fingerprint density at radius 2 is 1.79 bits per heavy atom. The molecule has 0 aliphatic carbocycles. The smallest absolute Gasteiger partial charge is 0.341 e. The van der Waals surface area contributed by atoms with Gasteiger partial charge in [-0.3, -0.25) is 9.10 Å². The Labute approximate surface area is 167 Å². The van der Waals surface area contributed by atoms with Crippen LogP contribution in [0.15, 0.2) is 47.4 Å². The molecule has 0 atom stereocenters. The average molecular weight is 425 g/mol. The Morgan fingerprint density at radius 1 is 1.14 bits per heavy atom. The molecule has 1 N–H and O–H groups in total. The summed E-state index contributed by atoms with van der Waals surface area (Å²) in [6.07, 6.45) is 0. The van der Waals surface area contributed by atoms with Crippen molar-refractivity contribution in [1.29, 1.82) is 0 Å². The number of esters is 1. The van der Waals surface area contributed by atoms with E-state index in [1.54, 1.807) is 13.8 Å². The molecule has 10 heteroatoms. The van der Waals surface area contributed by atoms with Gasteiger partial charge in [-0.25, -0.2) is 17.6 Å². The number of halogens is 1. The van der Waals surface area contributed by atoms with Crippen molar-refractivity contribution < 1.29 is 37.0 Å². The number of hydrogen-bond donors (Lipinski definition) is 1. The maximum Gasteiger partial charge on any atom is 0.341 e. The number of carboxylic acid groups (broad SMARTS) is 1. The summed E-state index contributed by atoms with van der Waals surface area (Å²) >= 11 is 0. The van der Waals surface area contributed by atoms with Crippen molar-refractivity contribution in [2.75, 3.05) is 24.1 Å². The lowest BCUT2D eigenvalue weighted by molar-refractivity contribution is -0.141. The van der Waals surface area contributed by atoms with Crippen LogP contribution in [-0.2, 0) is 24.3 Å². The highest BCUT2D eigenvalue weighted by atomic mass is 32.2. The monoisotopic (exact) mass is 425 g/mol. The van der Waals surface area contributed by atoms with E-state index in [2.05, 4.69) is 0 Å². The van der Waals surface area contributed by atoms with Crippen LogP contribution in [-0.4, -0.2) is 45.2 Å². The van der Waals surface area contributed by atoms with Crippen molar-refractivity contribution in [3.8, 4) is 5.75 Å². The van der Waals surface area contributed by atoms with E-state index < -0.39 is 40.9 Å². The molecule has 0 spiro atoms. The lowest BCUT2D eigenvalue weighted by atomic mass is 10.2. The lowest BCUT2D eigenvalue weighted by Crippen LogP contribution is -2.36. The number of aliphatic carboxylic acids is 1. The molecule has 2 aromatic rings. The SMILES string of the molecule is CCOC(=O)CN(c1ccc(F)cc1)S(=O)(=O)c1ccc(OCC(=O)O)c(C)c1. The zero-order valence-electron chi connectivity index (χ0n) is 15.8. The number of carbonyl (C=O) groups excluding carboxylic acids is 1. The minimum atomic E-state index is -4.21. The molecule has 0 radical (unpaired) electrons. The molecule has 29 heavy (non-hydrogen) atoms. The van der Waals surface area contributed by atoms with E-state index in [4.69, 9.17) is 14.6 Å². The van der Waals surface area contributed by atoms with Gasteiger partial charge in [-0.2, -0.15) is 0 Å². The number of rotatable bonds is 9. The molecule has 0 saturated carbocycles. The van der Waals surface area contributed by atoms with Gasteiger partial charge >= 0.3 is 11.9 Å². The zero-order chi connectivity index (χ0) is 21.6. The van der Waals surface area contributed by atoms with Crippen LogP contribution in [0.5, 0.6) is 5.75 Å². The van der Waals surface area contributed by atoms with E-state index >= 15 is 0 Å². The first-order valence-corrected chi connectivity index (χ1v) is 9.98. The van der Waals surface area contributed by atoms with Gasteiger partial charge in [0.25, 0.3) is 10.0 Å². The quantitative estimate of drug-likeness (QED) is 0.614. The van der Waals surface area contributed by atoms with E-state index in [1.165, 1.54) is 30.3 Å². The average Bonchev–Trinajstić information content (AvgIpc) is 2.66. The molecular formula is C19H20FNO7S. The highest BCUT2D eigenvalue weighted by Crippen LogP contribution is 2.27. The van der Waals surface area contributed by atoms with Gasteiger partial charge < -0.3 is 14.6 Å². The highest BCUT2D eigenvalue weighted by molar-refractivity contribution is 7.92. The van der Waals surface area contributed by atoms with Gasteiger partial charge in [0.1, 0.15) is 18.1 Å². The Morgan fingerprint density at radius 3 is 2.34 bits per heavy atom. The number of ether oxygens (including phenoxy) is 2. The molecule has 8 nitrogen and oxygen atoms in total. The maximum absolute atomic E-state index is 13.3. The summed E-state index contributed by atoms with van der Waals surface area (Å²) in [5.74, 6) is -2.28. The molecule has 156 valence electrons. The Balaban J connectivity index is 2.42. The number of aryl methyl sites for hydroxylation is 1. The Kier molecular flexibility index (Phi) is 7.16. The summed E-state index contributed by atoms with van der Waals surface area (Å²) < 4.78 is 50.4. The van der Waals surface area contributed by atoms with E-state index in [1.807, 2.05) is 0 Å². The third-order valence-corrected chi connectivity index (χ3v) is 5.55. The molecule has 2 rings (SSSR count). The molecule has 0 aliphatic heterocycles. The summed E-state index contributed by atoms with van der Waals surface area (Å²) in [5, 5.41) is 8.70. The van der Waals surface area contributed by atoms with E-state index in [0.717, 1.165) is 16.4 Å². The molecule has 0 bridgehead atoms. The third kappa shape index (κ3) is 5.67. The third-order valence-electron chi connectivity index (χ3n) is 3.78. The predicted octanol–water partition coefficient (Wildman–Crippen LogP) is 2.36. The lowest BCUT2D eigenvalue weighted by Gasteiger charge is -2.24. The summed E-state index contributed by atoms with van der Waals surface area (Å²) in [4.78, 5) is 22.5. The molecular weight excluding hydrogens is 405 g/mol. The number of sulfonamides is 1. The van der Waals surface area contributed by atoms with Gasteiger partial charge in [-0.1, -0.05) is 0 Å². The van der Waals surface area contributed by atoms with Gasteiger partial charge in [0.2, 0.25) is 0 Å². The number of anilines is 1. The van der Waals surface area contributed by atoms with E-state index in [9.17, 15) is 22.4 Å². The summed E-state index contributed by atoms with van der Waals surface area (Å²) in [6.45, 7) is 2.05. The van der Waals surface area contributed by atoms with Crippen molar-refractivity contribution in [3.05, 3.63) is 53.8 Å². The minimum absolute atomic E-state index is 0.0743. The number of carboxylic acids is 1. The zero-order valence-corrected chi connectivity index (χ0v) is 16.6. The topological polar surface area (TPSA) is 110 Å².